The average Bonchev–Trinajstić information content (AvgIpc) is 2.99. The van der Waals surface area contributed by atoms with E-state index < -0.39 is 19.8 Å². The van der Waals surface area contributed by atoms with E-state index in [0.29, 0.717) is 36.0 Å². The maximum atomic E-state index is 11.9. The van der Waals surface area contributed by atoms with E-state index in [1.807, 2.05) is 20.8 Å². The van der Waals surface area contributed by atoms with Gasteiger partial charge in [-0.1, -0.05) is 19.6 Å². The van der Waals surface area contributed by atoms with Crippen LogP contribution >= 0.6 is 11.6 Å². The first kappa shape index (κ1) is 25.3. The van der Waals surface area contributed by atoms with Gasteiger partial charge in [0.05, 0.1) is 10.9 Å². The van der Waals surface area contributed by atoms with Gasteiger partial charge in [-0.3, -0.25) is 0 Å². The van der Waals surface area contributed by atoms with E-state index >= 15 is 0 Å². The van der Waals surface area contributed by atoms with E-state index in [2.05, 4.69) is 41.0 Å². The first-order valence-corrected chi connectivity index (χ1v) is 15.1. The van der Waals surface area contributed by atoms with Gasteiger partial charge < -0.3 is 24.1 Å². The number of carbonyl (C=O) groups is 1. The summed E-state index contributed by atoms with van der Waals surface area (Å²) in [5.74, 6) is 0.267. The molecule has 0 saturated heterocycles. The molecule has 1 aliphatic carbocycles. The van der Waals surface area contributed by atoms with Crippen LogP contribution in [0.1, 0.15) is 39.2 Å². The Morgan fingerprint density at radius 2 is 2.03 bits per heavy atom. The van der Waals surface area contributed by atoms with E-state index in [1.54, 1.807) is 10.8 Å². The number of amides is 1. The number of nitrogens with one attached hydrogen (secondary N) is 1. The molecule has 1 N–H and O–H groups in total. The Morgan fingerprint density at radius 3 is 2.64 bits per heavy atom. The Kier molecular flexibility index (Phi) is 7.56. The number of halogens is 1. The normalized spacial score (nSPS) is 18.5. The summed E-state index contributed by atoms with van der Waals surface area (Å²) in [6.07, 6.45) is 2.28. The number of ether oxygens (including phenoxy) is 3. The molecule has 33 heavy (non-hydrogen) atoms. The molecule has 2 aromatic heterocycles. The molecule has 2 heterocycles. The fraction of sp³-hybridized carbons (Fsp3) is 0.636. The van der Waals surface area contributed by atoms with Crippen molar-refractivity contribution in [3.05, 3.63) is 17.0 Å². The monoisotopic (exact) mass is 493 g/mol. The van der Waals surface area contributed by atoms with Gasteiger partial charge in [0, 0.05) is 39.8 Å². The first-order chi connectivity index (χ1) is 15.3. The Bertz CT molecular complexity index is 1050. The molecule has 1 aliphatic rings. The number of rotatable bonds is 8. The molecule has 1 fully saturated rings. The van der Waals surface area contributed by atoms with Gasteiger partial charge in [-0.2, -0.15) is 15.2 Å². The van der Waals surface area contributed by atoms with Crippen LogP contribution in [0.25, 0.3) is 11.0 Å². The van der Waals surface area contributed by atoms with Crippen molar-refractivity contribution in [2.75, 3.05) is 6.61 Å². The molecule has 1 saturated carbocycles. The summed E-state index contributed by atoms with van der Waals surface area (Å²) >= 11 is 6.17. The second-order valence-electron chi connectivity index (χ2n) is 10.5. The predicted molar refractivity (Wildman–Crippen MR) is 128 cm³/mol. The number of nitrogens with zero attached hydrogens (tertiary/aromatic N) is 4. The number of nitriles is 1. The highest BCUT2D eigenvalue weighted by Gasteiger charge is 2.34. The summed E-state index contributed by atoms with van der Waals surface area (Å²) < 4.78 is 18.9. The van der Waals surface area contributed by atoms with Crippen LogP contribution in [0, 0.1) is 11.3 Å². The van der Waals surface area contributed by atoms with Gasteiger partial charge in [-0.15, -0.1) is 0 Å². The molecule has 1 amide bonds. The SMILES string of the molecule is CC(C)(C)OC(=O)NC1CC(Oc2nc(Cl)nc3c2c(C#N)cn3COCC[Si](C)(C)C)C1. The Morgan fingerprint density at radius 1 is 1.33 bits per heavy atom. The summed E-state index contributed by atoms with van der Waals surface area (Å²) in [7, 11) is -1.20. The van der Waals surface area contributed by atoms with Crippen LogP contribution in [-0.4, -0.2) is 53.1 Å². The second-order valence-corrected chi connectivity index (χ2v) is 16.5. The topological polar surface area (TPSA) is 111 Å². The van der Waals surface area contributed by atoms with Crippen LogP contribution in [0.3, 0.4) is 0 Å². The largest absolute Gasteiger partial charge is 0.474 e. The molecule has 0 aromatic carbocycles. The van der Waals surface area contributed by atoms with E-state index in [-0.39, 0.29) is 30.0 Å². The minimum atomic E-state index is -1.20. The summed E-state index contributed by atoms with van der Waals surface area (Å²) in [5, 5.41) is 13.0. The molecule has 9 nitrogen and oxygen atoms in total. The molecule has 0 spiro atoms. The smallest absolute Gasteiger partial charge is 0.407 e. The zero-order valence-electron chi connectivity index (χ0n) is 20.1. The van der Waals surface area contributed by atoms with Gasteiger partial charge in [0.2, 0.25) is 11.2 Å². The number of fused-ring (bicyclic) bond motifs is 1. The highest BCUT2D eigenvalue weighted by molar-refractivity contribution is 6.76. The zero-order valence-corrected chi connectivity index (χ0v) is 21.8. The van der Waals surface area contributed by atoms with Crippen LogP contribution in [0.4, 0.5) is 4.79 Å². The van der Waals surface area contributed by atoms with Crippen LogP contribution < -0.4 is 10.1 Å². The summed E-state index contributed by atoms with van der Waals surface area (Å²) in [5.41, 5.74) is 0.345. The van der Waals surface area contributed by atoms with Crippen molar-refractivity contribution in [2.24, 2.45) is 0 Å². The fourth-order valence-corrected chi connectivity index (χ4v) is 4.26. The van der Waals surface area contributed by atoms with Crippen LogP contribution in [0.5, 0.6) is 5.88 Å². The lowest BCUT2D eigenvalue weighted by Gasteiger charge is -2.35. The molecule has 180 valence electrons. The third-order valence-corrected chi connectivity index (χ3v) is 6.97. The molecule has 0 atom stereocenters. The quantitative estimate of drug-likeness (QED) is 0.322. The van der Waals surface area contributed by atoms with Gasteiger partial charge in [0.25, 0.3) is 0 Å². The van der Waals surface area contributed by atoms with Crippen molar-refractivity contribution in [3.63, 3.8) is 0 Å². The lowest BCUT2D eigenvalue weighted by atomic mass is 9.89. The molecule has 2 aromatic rings. The van der Waals surface area contributed by atoms with E-state index in [9.17, 15) is 10.1 Å². The van der Waals surface area contributed by atoms with Gasteiger partial charge in [0.1, 0.15) is 24.5 Å². The van der Waals surface area contributed by atoms with Gasteiger partial charge in [-0.05, 0) is 38.4 Å². The van der Waals surface area contributed by atoms with Crippen molar-refractivity contribution in [3.8, 4) is 11.9 Å². The van der Waals surface area contributed by atoms with Crippen molar-refractivity contribution in [2.45, 2.75) is 83.8 Å². The maximum absolute atomic E-state index is 11.9. The highest BCUT2D eigenvalue weighted by atomic mass is 35.5. The molecule has 0 radical (unpaired) electrons. The lowest BCUT2D eigenvalue weighted by molar-refractivity contribution is 0.0357. The minimum absolute atomic E-state index is 0.0335. The first-order valence-electron chi connectivity index (χ1n) is 11.0. The van der Waals surface area contributed by atoms with E-state index in [1.165, 1.54) is 0 Å². The van der Waals surface area contributed by atoms with Crippen LogP contribution in [0.15, 0.2) is 6.20 Å². The molecule has 3 rings (SSSR count). The van der Waals surface area contributed by atoms with Crippen molar-refractivity contribution in [1.29, 1.82) is 5.26 Å². The molecule has 0 aliphatic heterocycles. The zero-order chi connectivity index (χ0) is 24.4. The number of aromatic nitrogens is 3. The third kappa shape index (κ3) is 7.06. The van der Waals surface area contributed by atoms with Crippen LogP contribution in [-0.2, 0) is 16.2 Å². The van der Waals surface area contributed by atoms with Crippen molar-refractivity contribution < 1.29 is 19.0 Å². The van der Waals surface area contributed by atoms with Gasteiger partial charge in [-0.25, -0.2) is 4.79 Å². The summed E-state index contributed by atoms with van der Waals surface area (Å²) in [6, 6.07) is 3.18. The van der Waals surface area contributed by atoms with Crippen molar-refractivity contribution in [1.82, 2.24) is 19.9 Å². The standard InChI is InChI=1S/C22H32ClN5O4Si/c1-22(2,3)32-21(29)25-15-9-16(10-15)31-19-17-14(11-24)12-28(18(17)26-20(23)27-19)13-30-7-8-33(4,5)6/h12,15-16H,7-10,13H2,1-6H3,(H,25,29). The van der Waals surface area contributed by atoms with E-state index in [4.69, 9.17) is 25.8 Å². The molecule has 0 unspecified atom stereocenters. The van der Waals surface area contributed by atoms with Crippen molar-refractivity contribution >= 4 is 36.8 Å². The Balaban J connectivity index is 1.67. The Hall–Kier alpha value is -2.35. The van der Waals surface area contributed by atoms with E-state index in [0.717, 1.165) is 6.04 Å². The predicted octanol–water partition coefficient (Wildman–Crippen LogP) is 4.70. The fourth-order valence-electron chi connectivity index (χ4n) is 3.35. The molecular weight excluding hydrogens is 462 g/mol. The summed E-state index contributed by atoms with van der Waals surface area (Å²) in [4.78, 5) is 20.5. The summed E-state index contributed by atoms with van der Waals surface area (Å²) in [6.45, 7) is 13.2. The number of carbonyl (C=O) groups excluding carboxylic acids is 1. The average molecular weight is 494 g/mol. The molecule has 11 heteroatoms. The number of hydrogen-bond acceptors (Lipinski definition) is 7. The maximum Gasteiger partial charge on any atom is 0.407 e. The second kappa shape index (κ2) is 9.87. The minimum Gasteiger partial charge on any atom is -0.474 e. The lowest BCUT2D eigenvalue weighted by Crippen LogP contribution is -2.50. The number of alkyl carbamates (subject to hydrolysis) is 1. The highest BCUT2D eigenvalue weighted by Crippen LogP contribution is 2.33. The number of hydrogen-bond donors (Lipinski definition) is 1. The van der Waals surface area contributed by atoms with Crippen LogP contribution in [0.2, 0.25) is 31.0 Å². The molecule has 0 bridgehead atoms. The van der Waals surface area contributed by atoms with Gasteiger partial charge in [0.15, 0.2) is 5.65 Å². The molecular formula is C22H32ClN5O4Si. The Labute approximate surface area is 200 Å². The third-order valence-electron chi connectivity index (χ3n) is 5.10. The van der Waals surface area contributed by atoms with Gasteiger partial charge >= 0.3 is 6.09 Å².